The first-order valence-electron chi connectivity index (χ1n) is 7.57. The summed E-state index contributed by atoms with van der Waals surface area (Å²) in [6, 6.07) is 0.329. The highest BCUT2D eigenvalue weighted by Crippen LogP contribution is 2.28. The van der Waals surface area contributed by atoms with Gasteiger partial charge in [0, 0.05) is 19.6 Å². The minimum absolute atomic E-state index is 0.241. The highest BCUT2D eigenvalue weighted by molar-refractivity contribution is 5.84. The minimum atomic E-state index is 0.241. The molecule has 1 saturated heterocycles. The van der Waals surface area contributed by atoms with Gasteiger partial charge in [-0.1, -0.05) is 5.21 Å². The molecule has 0 aliphatic carbocycles. The first kappa shape index (κ1) is 13.9. The second-order valence-corrected chi connectivity index (χ2v) is 5.62. The number of nitrogens with two attached hydrogens (primary N) is 2. The monoisotopic (exact) mass is 314 g/mol. The third kappa shape index (κ3) is 2.46. The van der Waals surface area contributed by atoms with E-state index in [-0.39, 0.29) is 5.95 Å². The van der Waals surface area contributed by atoms with Crippen molar-refractivity contribution in [3.05, 3.63) is 18.2 Å². The molecule has 1 fully saturated rings. The van der Waals surface area contributed by atoms with Gasteiger partial charge in [0.15, 0.2) is 11.5 Å². The van der Waals surface area contributed by atoms with E-state index < -0.39 is 0 Å². The average molecular weight is 314 g/mol. The first-order valence-corrected chi connectivity index (χ1v) is 7.57. The number of nitrogen functional groups attached to an aromatic ring is 1. The number of nitrogens with zero attached hydrogens (tertiary/aromatic N) is 7. The molecule has 1 aliphatic rings. The van der Waals surface area contributed by atoms with Crippen LogP contribution in [0.25, 0.3) is 11.2 Å². The molecule has 0 aromatic carbocycles. The van der Waals surface area contributed by atoms with Gasteiger partial charge in [0.2, 0.25) is 5.95 Å². The normalized spacial score (nSPS) is 16.3. The number of fused-ring (bicyclic) bond motifs is 1. The Morgan fingerprint density at radius 1 is 1.26 bits per heavy atom. The molecular formula is C13H18N10. The van der Waals surface area contributed by atoms with E-state index in [4.69, 9.17) is 11.5 Å². The molecule has 120 valence electrons. The largest absolute Gasteiger partial charge is 0.368 e. The maximum Gasteiger partial charge on any atom is 0.224 e. The molecular weight excluding hydrogens is 296 g/mol. The van der Waals surface area contributed by atoms with Crippen LogP contribution in [0.5, 0.6) is 0 Å². The molecule has 5 N–H and O–H groups in total. The van der Waals surface area contributed by atoms with Gasteiger partial charge in [-0.15, -0.1) is 5.10 Å². The van der Waals surface area contributed by atoms with Crippen molar-refractivity contribution < 1.29 is 0 Å². The summed E-state index contributed by atoms with van der Waals surface area (Å²) in [5.74, 6) is 1.05. The SMILES string of the molecule is NCc1cn(C2CCN(c3nc(N)nc4nc[nH]c34)CC2)nn1. The molecule has 23 heavy (non-hydrogen) atoms. The topological polar surface area (TPSA) is 140 Å². The van der Waals surface area contributed by atoms with Crippen LogP contribution < -0.4 is 16.4 Å². The maximum absolute atomic E-state index is 5.79. The van der Waals surface area contributed by atoms with Crippen LogP contribution >= 0.6 is 0 Å². The number of aromatic amines is 1. The Morgan fingerprint density at radius 3 is 2.83 bits per heavy atom. The predicted octanol–water partition coefficient (Wildman–Crippen LogP) is -0.173. The van der Waals surface area contributed by atoms with Gasteiger partial charge in [-0.2, -0.15) is 9.97 Å². The highest BCUT2D eigenvalue weighted by atomic mass is 15.4. The van der Waals surface area contributed by atoms with Crippen molar-refractivity contribution in [1.82, 2.24) is 34.9 Å². The molecule has 4 heterocycles. The number of imidazole rings is 1. The van der Waals surface area contributed by atoms with E-state index in [1.807, 2.05) is 10.9 Å². The summed E-state index contributed by atoms with van der Waals surface area (Å²) in [6.45, 7) is 2.12. The number of aromatic nitrogens is 7. The zero-order valence-corrected chi connectivity index (χ0v) is 12.6. The van der Waals surface area contributed by atoms with Gasteiger partial charge < -0.3 is 21.4 Å². The fourth-order valence-corrected chi connectivity index (χ4v) is 2.99. The van der Waals surface area contributed by atoms with Crippen LogP contribution in [0.1, 0.15) is 24.6 Å². The van der Waals surface area contributed by atoms with Crippen molar-refractivity contribution in [2.24, 2.45) is 5.73 Å². The Morgan fingerprint density at radius 2 is 2.09 bits per heavy atom. The Labute approximate surface area is 131 Å². The van der Waals surface area contributed by atoms with Gasteiger partial charge in [-0.05, 0) is 12.8 Å². The van der Waals surface area contributed by atoms with Crippen molar-refractivity contribution in [2.75, 3.05) is 23.7 Å². The molecule has 0 spiro atoms. The smallest absolute Gasteiger partial charge is 0.224 e. The maximum atomic E-state index is 5.79. The van der Waals surface area contributed by atoms with Crippen molar-refractivity contribution in [1.29, 1.82) is 0 Å². The van der Waals surface area contributed by atoms with Crippen molar-refractivity contribution >= 4 is 22.9 Å². The van der Waals surface area contributed by atoms with E-state index in [1.165, 1.54) is 0 Å². The van der Waals surface area contributed by atoms with Crippen LogP contribution in [0.15, 0.2) is 12.5 Å². The van der Waals surface area contributed by atoms with Gasteiger partial charge in [-0.25, -0.2) is 9.67 Å². The van der Waals surface area contributed by atoms with E-state index in [0.717, 1.165) is 43.0 Å². The number of piperidine rings is 1. The molecule has 0 bridgehead atoms. The fraction of sp³-hybridized carbons (Fsp3) is 0.462. The minimum Gasteiger partial charge on any atom is -0.368 e. The standard InChI is InChI=1S/C13H18N10/c14-5-8-6-23(21-20-8)9-1-3-22(4-2-9)12-10-11(17-7-16-10)18-13(15)19-12/h6-7,9H,1-5,14H2,(H3,15,16,17,18,19). The lowest BCUT2D eigenvalue weighted by Crippen LogP contribution is -2.35. The zero-order valence-electron chi connectivity index (χ0n) is 12.6. The number of anilines is 2. The Kier molecular flexibility index (Phi) is 3.30. The number of nitrogens with one attached hydrogen (secondary N) is 1. The highest BCUT2D eigenvalue weighted by Gasteiger charge is 2.24. The molecule has 0 amide bonds. The van der Waals surface area contributed by atoms with Gasteiger partial charge in [-0.3, -0.25) is 0 Å². The van der Waals surface area contributed by atoms with Crippen LogP contribution in [0.3, 0.4) is 0 Å². The first-order chi connectivity index (χ1) is 11.2. The second kappa shape index (κ2) is 5.47. The number of hydrogen-bond acceptors (Lipinski definition) is 8. The summed E-state index contributed by atoms with van der Waals surface area (Å²) in [7, 11) is 0. The third-order valence-electron chi connectivity index (χ3n) is 4.19. The third-order valence-corrected chi connectivity index (χ3v) is 4.19. The van der Waals surface area contributed by atoms with E-state index in [2.05, 4.69) is 35.1 Å². The van der Waals surface area contributed by atoms with Gasteiger partial charge in [0.25, 0.3) is 0 Å². The lowest BCUT2D eigenvalue weighted by molar-refractivity contribution is 0.359. The van der Waals surface area contributed by atoms with E-state index >= 15 is 0 Å². The summed E-state index contributed by atoms with van der Waals surface area (Å²) in [5, 5.41) is 8.23. The summed E-state index contributed by atoms with van der Waals surface area (Å²) in [6.07, 6.45) is 5.44. The predicted molar refractivity (Wildman–Crippen MR) is 84.5 cm³/mol. The van der Waals surface area contributed by atoms with Crippen molar-refractivity contribution in [3.63, 3.8) is 0 Å². The quantitative estimate of drug-likeness (QED) is 0.605. The lowest BCUT2D eigenvalue weighted by atomic mass is 10.1. The number of hydrogen-bond donors (Lipinski definition) is 3. The summed E-state index contributed by atoms with van der Waals surface area (Å²) < 4.78 is 1.92. The van der Waals surface area contributed by atoms with Crippen LogP contribution in [0, 0.1) is 0 Å². The summed E-state index contributed by atoms with van der Waals surface area (Å²) in [5.41, 5.74) is 13.6. The van der Waals surface area contributed by atoms with Crippen LogP contribution in [0.2, 0.25) is 0 Å². The molecule has 10 nitrogen and oxygen atoms in total. The van der Waals surface area contributed by atoms with Crippen LogP contribution in [-0.2, 0) is 6.54 Å². The molecule has 1 aliphatic heterocycles. The molecule has 4 rings (SSSR count). The Balaban J connectivity index is 1.53. The molecule has 10 heteroatoms. The Hall–Kier alpha value is -2.75. The van der Waals surface area contributed by atoms with Crippen LogP contribution in [0.4, 0.5) is 11.8 Å². The molecule has 3 aromatic rings. The van der Waals surface area contributed by atoms with E-state index in [1.54, 1.807) is 6.33 Å². The number of rotatable bonds is 3. The van der Waals surface area contributed by atoms with Gasteiger partial charge in [0.05, 0.1) is 24.3 Å². The second-order valence-electron chi connectivity index (χ2n) is 5.62. The van der Waals surface area contributed by atoms with Gasteiger partial charge in [0.1, 0.15) is 5.52 Å². The zero-order chi connectivity index (χ0) is 15.8. The summed E-state index contributed by atoms with van der Waals surface area (Å²) >= 11 is 0. The van der Waals surface area contributed by atoms with Gasteiger partial charge >= 0.3 is 0 Å². The molecule has 0 atom stereocenters. The number of H-pyrrole nitrogens is 1. The van der Waals surface area contributed by atoms with E-state index in [9.17, 15) is 0 Å². The molecule has 0 radical (unpaired) electrons. The average Bonchev–Trinajstić information content (AvgIpc) is 3.23. The van der Waals surface area contributed by atoms with Crippen molar-refractivity contribution in [3.8, 4) is 0 Å². The Bertz CT molecular complexity index is 813. The molecule has 0 unspecified atom stereocenters. The molecule has 0 saturated carbocycles. The van der Waals surface area contributed by atoms with Crippen molar-refractivity contribution in [2.45, 2.75) is 25.4 Å². The fourth-order valence-electron chi connectivity index (χ4n) is 2.99. The lowest BCUT2D eigenvalue weighted by Gasteiger charge is -2.32. The summed E-state index contributed by atoms with van der Waals surface area (Å²) in [4.78, 5) is 18.0. The molecule has 3 aromatic heterocycles. The van der Waals surface area contributed by atoms with E-state index in [0.29, 0.717) is 18.2 Å². The van der Waals surface area contributed by atoms with Crippen LogP contribution in [-0.4, -0.2) is 48.0 Å².